The maximum atomic E-state index is 11.9. The molecule has 1 unspecified atom stereocenters. The fourth-order valence-corrected chi connectivity index (χ4v) is 3.03. The van der Waals surface area contributed by atoms with Crippen molar-refractivity contribution in [1.82, 2.24) is 9.80 Å². The Bertz CT molecular complexity index is 305. The first-order valence-corrected chi connectivity index (χ1v) is 8.02. The van der Waals surface area contributed by atoms with Gasteiger partial charge in [-0.25, -0.2) is 0 Å². The molecular formula is C15H31Cl2N3O2. The van der Waals surface area contributed by atoms with Gasteiger partial charge in [0.15, 0.2) is 0 Å². The van der Waals surface area contributed by atoms with Crippen molar-refractivity contribution in [2.45, 2.75) is 51.2 Å². The van der Waals surface area contributed by atoms with E-state index in [4.69, 9.17) is 10.5 Å². The van der Waals surface area contributed by atoms with E-state index in [1.54, 1.807) is 0 Å². The maximum Gasteiger partial charge on any atom is 0.224 e. The lowest BCUT2D eigenvalue weighted by Gasteiger charge is -2.32. The van der Waals surface area contributed by atoms with Gasteiger partial charge in [0.2, 0.25) is 5.91 Å². The molecule has 2 aliphatic rings. The molecule has 0 aromatic heterocycles. The van der Waals surface area contributed by atoms with Crippen LogP contribution in [0, 0.1) is 0 Å². The number of hydrogen-bond acceptors (Lipinski definition) is 4. The summed E-state index contributed by atoms with van der Waals surface area (Å²) in [6.45, 7) is 7.87. The number of rotatable bonds is 6. The predicted octanol–water partition coefficient (Wildman–Crippen LogP) is 1.67. The minimum Gasteiger partial charge on any atom is -0.377 e. The van der Waals surface area contributed by atoms with Crippen molar-refractivity contribution in [2.75, 3.05) is 39.3 Å². The molecule has 2 heterocycles. The smallest absolute Gasteiger partial charge is 0.224 e. The van der Waals surface area contributed by atoms with Crippen LogP contribution in [0.1, 0.15) is 39.0 Å². The van der Waals surface area contributed by atoms with Gasteiger partial charge in [-0.15, -0.1) is 24.8 Å². The lowest BCUT2D eigenvalue weighted by Crippen LogP contribution is -2.42. The van der Waals surface area contributed by atoms with Crippen LogP contribution in [0.4, 0.5) is 0 Å². The number of halogens is 2. The summed E-state index contributed by atoms with van der Waals surface area (Å²) in [6.07, 6.45) is 5.38. The van der Waals surface area contributed by atoms with Gasteiger partial charge in [-0.2, -0.15) is 0 Å². The van der Waals surface area contributed by atoms with E-state index in [1.807, 2.05) is 11.8 Å². The number of piperidine rings is 1. The number of ether oxygens (including phenoxy) is 1. The van der Waals surface area contributed by atoms with Crippen LogP contribution in [0.3, 0.4) is 0 Å². The van der Waals surface area contributed by atoms with Gasteiger partial charge in [-0.1, -0.05) is 0 Å². The summed E-state index contributed by atoms with van der Waals surface area (Å²) in [5, 5.41) is 0. The maximum absolute atomic E-state index is 11.9. The molecule has 0 bridgehead atoms. The molecule has 1 amide bonds. The highest BCUT2D eigenvalue weighted by Crippen LogP contribution is 2.15. The van der Waals surface area contributed by atoms with E-state index in [0.717, 1.165) is 39.1 Å². The molecule has 7 heteroatoms. The predicted molar refractivity (Wildman–Crippen MR) is 94.0 cm³/mol. The van der Waals surface area contributed by atoms with Crippen LogP contribution in [-0.2, 0) is 9.53 Å². The molecule has 2 N–H and O–H groups in total. The summed E-state index contributed by atoms with van der Waals surface area (Å²) in [4.78, 5) is 16.3. The van der Waals surface area contributed by atoms with Crippen LogP contribution in [0.25, 0.3) is 0 Å². The summed E-state index contributed by atoms with van der Waals surface area (Å²) in [6, 6.07) is -0.0445. The summed E-state index contributed by atoms with van der Waals surface area (Å²) in [7, 11) is 0. The molecule has 0 spiro atoms. The van der Waals surface area contributed by atoms with E-state index in [-0.39, 0.29) is 36.8 Å². The van der Waals surface area contributed by atoms with E-state index in [2.05, 4.69) is 4.90 Å². The molecule has 22 heavy (non-hydrogen) atoms. The van der Waals surface area contributed by atoms with Gasteiger partial charge in [0, 0.05) is 32.1 Å². The number of amides is 1. The molecule has 1 atom stereocenters. The third-order valence-electron chi connectivity index (χ3n) is 4.25. The van der Waals surface area contributed by atoms with Gasteiger partial charge in [0.1, 0.15) is 0 Å². The van der Waals surface area contributed by atoms with Crippen LogP contribution in [0.15, 0.2) is 0 Å². The lowest BCUT2D eigenvalue weighted by molar-refractivity contribution is -0.134. The topological polar surface area (TPSA) is 58.8 Å². The van der Waals surface area contributed by atoms with Crippen molar-refractivity contribution >= 4 is 30.7 Å². The first kappa shape index (κ1) is 21.9. The van der Waals surface area contributed by atoms with Gasteiger partial charge in [-0.05, 0) is 45.7 Å². The number of hydrogen-bond donors (Lipinski definition) is 1. The zero-order valence-electron chi connectivity index (χ0n) is 13.5. The zero-order valence-corrected chi connectivity index (χ0v) is 15.2. The Kier molecular flexibility index (Phi) is 11.4. The van der Waals surface area contributed by atoms with E-state index in [9.17, 15) is 4.79 Å². The number of nitrogens with zero attached hydrogens (tertiary/aromatic N) is 2. The number of carbonyl (C=O) groups excluding carboxylic acids is 1. The van der Waals surface area contributed by atoms with Gasteiger partial charge >= 0.3 is 0 Å². The van der Waals surface area contributed by atoms with E-state index < -0.39 is 0 Å². The second-order valence-electron chi connectivity index (χ2n) is 6.18. The third kappa shape index (κ3) is 7.47. The molecule has 0 saturated carbocycles. The SMILES string of the molecule is CC(N)CC(=O)N1CCC(OCCN2CCCC2)CC1.Cl.Cl. The molecule has 2 fully saturated rings. The van der Waals surface area contributed by atoms with Crippen molar-refractivity contribution in [3.63, 3.8) is 0 Å². The van der Waals surface area contributed by atoms with Crippen LogP contribution >= 0.6 is 24.8 Å². The Hall–Kier alpha value is -0.0700. The minimum atomic E-state index is -0.0445. The first-order valence-electron chi connectivity index (χ1n) is 8.02. The van der Waals surface area contributed by atoms with Crippen molar-refractivity contribution in [3.05, 3.63) is 0 Å². The molecule has 2 rings (SSSR count). The molecule has 0 aromatic rings. The lowest BCUT2D eigenvalue weighted by atomic mass is 10.1. The van der Waals surface area contributed by atoms with Crippen molar-refractivity contribution in [2.24, 2.45) is 5.73 Å². The largest absolute Gasteiger partial charge is 0.377 e. The van der Waals surface area contributed by atoms with Crippen molar-refractivity contribution < 1.29 is 9.53 Å². The molecule has 0 radical (unpaired) electrons. The fraction of sp³-hybridized carbons (Fsp3) is 0.933. The standard InChI is InChI=1S/C15H29N3O2.2ClH/c1-13(16)12-15(19)18-8-4-14(5-9-18)20-11-10-17-6-2-3-7-17;;/h13-14H,2-12,16H2,1H3;2*1H. The monoisotopic (exact) mass is 355 g/mol. The molecule has 132 valence electrons. The highest BCUT2D eigenvalue weighted by Gasteiger charge is 2.23. The molecular weight excluding hydrogens is 325 g/mol. The summed E-state index contributed by atoms with van der Waals surface area (Å²) in [5.74, 6) is 0.190. The zero-order chi connectivity index (χ0) is 14.4. The average molecular weight is 356 g/mol. The Morgan fingerprint density at radius 3 is 2.32 bits per heavy atom. The Morgan fingerprint density at radius 2 is 1.77 bits per heavy atom. The quantitative estimate of drug-likeness (QED) is 0.787. The molecule has 5 nitrogen and oxygen atoms in total. The van der Waals surface area contributed by atoms with Gasteiger partial charge < -0.3 is 20.3 Å². The average Bonchev–Trinajstić information content (AvgIpc) is 2.92. The van der Waals surface area contributed by atoms with Crippen LogP contribution in [-0.4, -0.2) is 67.2 Å². The van der Waals surface area contributed by atoms with Gasteiger partial charge in [0.05, 0.1) is 12.7 Å². The fourth-order valence-electron chi connectivity index (χ4n) is 3.03. The minimum absolute atomic E-state index is 0. The summed E-state index contributed by atoms with van der Waals surface area (Å²) >= 11 is 0. The highest BCUT2D eigenvalue weighted by molar-refractivity contribution is 5.85. The summed E-state index contributed by atoms with van der Waals surface area (Å²) < 4.78 is 5.95. The summed E-state index contributed by atoms with van der Waals surface area (Å²) in [5.41, 5.74) is 5.68. The number of likely N-dealkylation sites (tertiary alicyclic amines) is 2. The molecule has 2 saturated heterocycles. The third-order valence-corrected chi connectivity index (χ3v) is 4.25. The highest BCUT2D eigenvalue weighted by atomic mass is 35.5. The molecule has 0 aromatic carbocycles. The Labute approximate surface area is 146 Å². The van der Waals surface area contributed by atoms with Gasteiger partial charge in [0.25, 0.3) is 0 Å². The number of nitrogens with two attached hydrogens (primary N) is 1. The van der Waals surface area contributed by atoms with Crippen molar-refractivity contribution in [3.8, 4) is 0 Å². The van der Waals surface area contributed by atoms with E-state index in [1.165, 1.54) is 25.9 Å². The Morgan fingerprint density at radius 1 is 1.18 bits per heavy atom. The van der Waals surface area contributed by atoms with Crippen LogP contribution in [0.5, 0.6) is 0 Å². The molecule has 0 aliphatic carbocycles. The number of carbonyl (C=O) groups is 1. The van der Waals surface area contributed by atoms with Crippen LogP contribution in [0.2, 0.25) is 0 Å². The van der Waals surface area contributed by atoms with E-state index in [0.29, 0.717) is 12.5 Å². The Balaban J connectivity index is 0.00000220. The second-order valence-corrected chi connectivity index (χ2v) is 6.18. The first-order chi connectivity index (χ1) is 9.65. The second kappa shape index (κ2) is 11.5. The van der Waals surface area contributed by atoms with Crippen LogP contribution < -0.4 is 5.73 Å². The van der Waals surface area contributed by atoms with Crippen molar-refractivity contribution in [1.29, 1.82) is 0 Å². The van der Waals surface area contributed by atoms with E-state index >= 15 is 0 Å². The molecule has 2 aliphatic heterocycles. The normalized spacial score (nSPS) is 21.1. The van der Waals surface area contributed by atoms with Gasteiger partial charge in [-0.3, -0.25) is 4.79 Å².